The van der Waals surface area contributed by atoms with Gasteiger partial charge in [0, 0.05) is 11.1 Å². The van der Waals surface area contributed by atoms with E-state index >= 15 is 0 Å². The molecule has 0 saturated carbocycles. The van der Waals surface area contributed by atoms with Gasteiger partial charge in [-0.1, -0.05) is 53.8 Å². The van der Waals surface area contributed by atoms with Crippen molar-refractivity contribution in [3.8, 4) is 5.75 Å². The van der Waals surface area contributed by atoms with E-state index in [2.05, 4.69) is 0 Å². The lowest BCUT2D eigenvalue weighted by atomic mass is 10.00. The van der Waals surface area contributed by atoms with E-state index in [9.17, 15) is 19.2 Å². The summed E-state index contributed by atoms with van der Waals surface area (Å²) in [5.74, 6) is -3.88. The van der Waals surface area contributed by atoms with Gasteiger partial charge in [0.2, 0.25) is 0 Å². The van der Waals surface area contributed by atoms with Crippen LogP contribution in [0.5, 0.6) is 5.75 Å². The van der Waals surface area contributed by atoms with Crippen LogP contribution in [-0.2, 0) is 22.6 Å². The van der Waals surface area contributed by atoms with E-state index < -0.39 is 17.9 Å². The normalized spacial score (nSPS) is 11.0. The molecule has 8 nitrogen and oxygen atoms in total. The molecule has 0 aliphatic heterocycles. The summed E-state index contributed by atoms with van der Waals surface area (Å²) in [5, 5.41) is 18.0. The van der Waals surface area contributed by atoms with Crippen LogP contribution in [0.2, 0.25) is 0 Å². The van der Waals surface area contributed by atoms with Crippen LogP contribution >= 0.6 is 11.3 Å². The second-order valence-corrected chi connectivity index (χ2v) is 8.82. The molecular weight excluding hydrogens is 470 g/mol. The zero-order chi connectivity index (χ0) is 24.9. The van der Waals surface area contributed by atoms with Gasteiger partial charge in [-0.2, -0.15) is 0 Å². The largest absolute Gasteiger partial charge is 0.492 e. The highest BCUT2D eigenvalue weighted by Gasteiger charge is 2.25. The van der Waals surface area contributed by atoms with Gasteiger partial charge < -0.3 is 14.9 Å². The van der Waals surface area contributed by atoms with E-state index in [1.54, 1.807) is 71.3 Å². The molecule has 3 aromatic carbocycles. The molecule has 0 saturated heterocycles. The summed E-state index contributed by atoms with van der Waals surface area (Å²) in [6.07, 6.45) is -0.129. The number of aromatic nitrogens is 1. The van der Waals surface area contributed by atoms with Crippen LogP contribution in [0.25, 0.3) is 10.2 Å². The number of carbonyl (C=O) groups is 3. The quantitative estimate of drug-likeness (QED) is 0.256. The summed E-state index contributed by atoms with van der Waals surface area (Å²) in [6, 6.07) is 20.6. The lowest BCUT2D eigenvalue weighted by Crippen LogP contribution is -2.25. The Morgan fingerprint density at radius 3 is 2.23 bits per heavy atom. The van der Waals surface area contributed by atoms with E-state index in [1.165, 1.54) is 0 Å². The topological polar surface area (TPSA) is 123 Å². The first kappa shape index (κ1) is 23.9. The maximum atomic E-state index is 12.7. The van der Waals surface area contributed by atoms with Gasteiger partial charge in [-0.25, -0.2) is 0 Å². The van der Waals surface area contributed by atoms with E-state index in [4.69, 9.17) is 14.9 Å². The van der Waals surface area contributed by atoms with Gasteiger partial charge in [-0.15, -0.1) is 0 Å². The number of thiazole rings is 1. The van der Waals surface area contributed by atoms with Crippen molar-refractivity contribution in [1.29, 1.82) is 0 Å². The fourth-order valence-electron chi connectivity index (χ4n) is 3.67. The van der Waals surface area contributed by atoms with Gasteiger partial charge >= 0.3 is 16.8 Å². The van der Waals surface area contributed by atoms with Crippen LogP contribution in [0.4, 0.5) is 0 Å². The van der Waals surface area contributed by atoms with E-state index in [1.807, 2.05) is 6.07 Å². The van der Waals surface area contributed by atoms with Crippen LogP contribution in [0.15, 0.2) is 77.6 Å². The first-order valence-corrected chi connectivity index (χ1v) is 11.6. The Labute approximate surface area is 203 Å². The third kappa shape index (κ3) is 5.47. The monoisotopic (exact) mass is 491 g/mol. The summed E-state index contributed by atoms with van der Waals surface area (Å²) < 4.78 is 8.02. The number of carboxylic acids is 2. The van der Waals surface area contributed by atoms with Crippen molar-refractivity contribution in [1.82, 2.24) is 4.57 Å². The molecule has 4 rings (SSSR count). The highest BCUT2D eigenvalue weighted by molar-refractivity contribution is 7.16. The molecular formula is C26H21NO7S. The lowest BCUT2D eigenvalue weighted by Gasteiger charge is -2.10. The van der Waals surface area contributed by atoms with E-state index in [0.717, 1.165) is 16.9 Å². The van der Waals surface area contributed by atoms with Crippen LogP contribution in [0.3, 0.4) is 0 Å². The standard InChI is InChI=1S/C26H21NO7S/c28-23(17-4-2-1-3-5-17)18-8-11-21-22(15-18)35-26(33)27(21)12-13-34-19-9-6-16(7-10-19)14-20(24(29)30)25(31)32/h1-11,15,20H,12-14H2,(H,29,30)(H,31,32). The molecule has 178 valence electrons. The third-order valence-corrected chi connectivity index (χ3v) is 6.45. The molecule has 0 amide bonds. The zero-order valence-corrected chi connectivity index (χ0v) is 19.2. The molecule has 0 atom stereocenters. The molecule has 2 N–H and O–H groups in total. The van der Waals surface area contributed by atoms with E-state index in [0.29, 0.717) is 33.7 Å². The van der Waals surface area contributed by atoms with Gasteiger partial charge in [-0.05, 0) is 42.3 Å². The Balaban J connectivity index is 1.41. The van der Waals surface area contributed by atoms with Gasteiger partial charge in [0.1, 0.15) is 12.4 Å². The summed E-state index contributed by atoms with van der Waals surface area (Å²) in [5.41, 5.74) is 2.38. The SMILES string of the molecule is O=C(c1ccccc1)c1ccc2c(c1)sc(=O)n2CCOc1ccc(CC(C(=O)O)C(=O)O)cc1. The molecule has 0 radical (unpaired) electrons. The number of ketones is 1. The molecule has 35 heavy (non-hydrogen) atoms. The minimum Gasteiger partial charge on any atom is -0.492 e. The van der Waals surface area contributed by atoms with Gasteiger partial charge in [0.15, 0.2) is 11.7 Å². The second-order valence-electron chi connectivity index (χ2n) is 7.82. The number of nitrogens with zero attached hydrogens (tertiary/aromatic N) is 1. The Bertz CT molecular complexity index is 1420. The average Bonchev–Trinajstić information content (AvgIpc) is 3.17. The van der Waals surface area contributed by atoms with Crippen molar-refractivity contribution in [2.24, 2.45) is 5.92 Å². The summed E-state index contributed by atoms with van der Waals surface area (Å²) in [6.45, 7) is 0.509. The number of hydrogen-bond acceptors (Lipinski definition) is 6. The number of hydrogen-bond donors (Lipinski definition) is 2. The number of rotatable bonds is 10. The first-order chi connectivity index (χ1) is 16.8. The Morgan fingerprint density at radius 1 is 0.886 bits per heavy atom. The van der Waals surface area contributed by atoms with Gasteiger partial charge in [0.05, 0.1) is 16.8 Å². The molecule has 0 spiro atoms. The van der Waals surface area contributed by atoms with Crippen molar-refractivity contribution in [3.63, 3.8) is 0 Å². The Hall–Kier alpha value is -4.24. The van der Waals surface area contributed by atoms with Crippen molar-refractivity contribution in [2.45, 2.75) is 13.0 Å². The molecule has 0 bridgehead atoms. The number of aliphatic carboxylic acids is 2. The fraction of sp³-hybridized carbons (Fsp3) is 0.154. The highest BCUT2D eigenvalue weighted by atomic mass is 32.1. The van der Waals surface area contributed by atoms with Gasteiger partial charge in [-0.3, -0.25) is 23.7 Å². The maximum absolute atomic E-state index is 12.7. The van der Waals surface area contributed by atoms with Crippen LogP contribution in [0.1, 0.15) is 21.5 Å². The third-order valence-electron chi connectivity index (χ3n) is 5.51. The molecule has 9 heteroatoms. The number of benzene rings is 3. The number of carboxylic acid groups (broad SMARTS) is 2. The summed E-state index contributed by atoms with van der Waals surface area (Å²) in [7, 11) is 0. The summed E-state index contributed by atoms with van der Waals surface area (Å²) >= 11 is 1.07. The lowest BCUT2D eigenvalue weighted by molar-refractivity contribution is -0.154. The Morgan fingerprint density at radius 2 is 1.57 bits per heavy atom. The molecule has 1 heterocycles. The van der Waals surface area contributed by atoms with Crippen molar-refractivity contribution in [2.75, 3.05) is 6.61 Å². The minimum absolute atomic E-state index is 0.107. The number of ether oxygens (including phenoxy) is 1. The molecule has 0 fully saturated rings. The summed E-state index contributed by atoms with van der Waals surface area (Å²) in [4.78, 5) is 47.2. The molecule has 0 aliphatic rings. The van der Waals surface area contributed by atoms with Crippen LogP contribution < -0.4 is 9.61 Å². The second kappa shape index (κ2) is 10.4. The van der Waals surface area contributed by atoms with Crippen molar-refractivity contribution in [3.05, 3.63) is 99.2 Å². The predicted molar refractivity (Wildman–Crippen MR) is 130 cm³/mol. The minimum atomic E-state index is -1.51. The average molecular weight is 492 g/mol. The smallest absolute Gasteiger partial charge is 0.318 e. The molecule has 4 aromatic rings. The van der Waals surface area contributed by atoms with E-state index in [-0.39, 0.29) is 23.7 Å². The zero-order valence-electron chi connectivity index (χ0n) is 18.4. The first-order valence-electron chi connectivity index (χ1n) is 10.7. The molecule has 0 unspecified atom stereocenters. The van der Waals surface area contributed by atoms with Crippen molar-refractivity contribution < 1.29 is 29.3 Å². The van der Waals surface area contributed by atoms with Crippen LogP contribution in [0, 0.1) is 5.92 Å². The predicted octanol–water partition coefficient (Wildman–Crippen LogP) is 3.70. The van der Waals surface area contributed by atoms with Crippen LogP contribution in [-0.4, -0.2) is 39.1 Å². The van der Waals surface area contributed by atoms with Crippen molar-refractivity contribution >= 4 is 39.3 Å². The number of fused-ring (bicyclic) bond motifs is 1. The fourth-order valence-corrected chi connectivity index (χ4v) is 4.62. The molecule has 1 aromatic heterocycles. The molecule has 0 aliphatic carbocycles. The van der Waals surface area contributed by atoms with Gasteiger partial charge in [0.25, 0.3) is 0 Å². The Kier molecular flexibility index (Phi) is 7.07. The highest BCUT2D eigenvalue weighted by Crippen LogP contribution is 2.22. The maximum Gasteiger partial charge on any atom is 0.318 e. The number of carbonyl (C=O) groups excluding carboxylic acids is 1.